The SMILES string of the molecule is CCNC(=NCC(C)(C)c1cccc(C)c1)NC(C)COC. The van der Waals surface area contributed by atoms with Crippen LogP contribution in [-0.4, -0.2) is 38.8 Å². The fraction of sp³-hybridized carbons (Fsp3) is 0.611. The average molecular weight is 305 g/mol. The normalized spacial score (nSPS) is 13.8. The molecule has 22 heavy (non-hydrogen) atoms. The number of aliphatic imine (C=N–C) groups is 1. The minimum absolute atomic E-state index is 0.00113. The number of ether oxygens (including phenoxy) is 1. The van der Waals surface area contributed by atoms with Crippen LogP contribution in [0.1, 0.15) is 38.8 Å². The van der Waals surface area contributed by atoms with Crippen molar-refractivity contribution < 1.29 is 4.74 Å². The van der Waals surface area contributed by atoms with Crippen molar-refractivity contribution in [3.8, 4) is 0 Å². The van der Waals surface area contributed by atoms with Gasteiger partial charge in [-0.25, -0.2) is 0 Å². The van der Waals surface area contributed by atoms with Crippen molar-refractivity contribution in [3.05, 3.63) is 35.4 Å². The van der Waals surface area contributed by atoms with Crippen molar-refractivity contribution >= 4 is 5.96 Å². The van der Waals surface area contributed by atoms with Crippen LogP contribution < -0.4 is 10.6 Å². The number of hydrogen-bond donors (Lipinski definition) is 2. The molecule has 0 bridgehead atoms. The zero-order valence-electron chi connectivity index (χ0n) is 14.9. The Morgan fingerprint density at radius 2 is 2.09 bits per heavy atom. The van der Waals surface area contributed by atoms with Gasteiger partial charge in [0, 0.05) is 25.1 Å². The van der Waals surface area contributed by atoms with Gasteiger partial charge in [-0.15, -0.1) is 0 Å². The van der Waals surface area contributed by atoms with E-state index < -0.39 is 0 Å². The Morgan fingerprint density at radius 1 is 1.36 bits per heavy atom. The quantitative estimate of drug-likeness (QED) is 0.601. The van der Waals surface area contributed by atoms with Crippen LogP contribution in [0, 0.1) is 6.92 Å². The molecule has 2 N–H and O–H groups in total. The van der Waals surface area contributed by atoms with Crippen molar-refractivity contribution in [2.24, 2.45) is 4.99 Å². The molecular formula is C18H31N3O. The fourth-order valence-electron chi connectivity index (χ4n) is 2.28. The summed E-state index contributed by atoms with van der Waals surface area (Å²) >= 11 is 0. The van der Waals surface area contributed by atoms with Gasteiger partial charge in [0.25, 0.3) is 0 Å². The van der Waals surface area contributed by atoms with Crippen LogP contribution in [0.3, 0.4) is 0 Å². The van der Waals surface area contributed by atoms with E-state index in [0.29, 0.717) is 6.61 Å². The maximum absolute atomic E-state index is 5.17. The summed E-state index contributed by atoms with van der Waals surface area (Å²) in [5.41, 5.74) is 2.60. The van der Waals surface area contributed by atoms with E-state index in [1.165, 1.54) is 11.1 Å². The second kappa shape index (κ2) is 8.79. The Balaban J connectivity index is 2.79. The summed E-state index contributed by atoms with van der Waals surface area (Å²) in [6, 6.07) is 8.88. The first kappa shape index (κ1) is 18.5. The summed E-state index contributed by atoms with van der Waals surface area (Å²) < 4.78 is 5.17. The number of benzene rings is 1. The Bertz CT molecular complexity index is 483. The molecule has 0 saturated heterocycles. The summed E-state index contributed by atoms with van der Waals surface area (Å²) in [5.74, 6) is 0.841. The van der Waals surface area contributed by atoms with E-state index in [0.717, 1.165) is 19.0 Å². The molecule has 124 valence electrons. The zero-order chi connectivity index (χ0) is 16.6. The van der Waals surface area contributed by atoms with Gasteiger partial charge < -0.3 is 15.4 Å². The zero-order valence-corrected chi connectivity index (χ0v) is 14.9. The Labute approximate surface area is 135 Å². The molecule has 1 aromatic rings. The van der Waals surface area contributed by atoms with Crippen LogP contribution in [0.2, 0.25) is 0 Å². The molecule has 0 spiro atoms. The molecule has 4 nitrogen and oxygen atoms in total. The van der Waals surface area contributed by atoms with E-state index in [-0.39, 0.29) is 11.5 Å². The molecule has 0 heterocycles. The fourth-order valence-corrected chi connectivity index (χ4v) is 2.28. The lowest BCUT2D eigenvalue weighted by molar-refractivity contribution is 0.179. The van der Waals surface area contributed by atoms with E-state index in [2.05, 4.69) is 69.5 Å². The number of nitrogens with one attached hydrogen (secondary N) is 2. The maximum Gasteiger partial charge on any atom is 0.191 e. The molecule has 0 aliphatic carbocycles. The summed E-state index contributed by atoms with van der Waals surface area (Å²) in [7, 11) is 1.71. The molecule has 1 rings (SSSR count). The van der Waals surface area contributed by atoms with Gasteiger partial charge >= 0.3 is 0 Å². The van der Waals surface area contributed by atoms with Gasteiger partial charge in [0.15, 0.2) is 5.96 Å². The van der Waals surface area contributed by atoms with E-state index in [4.69, 9.17) is 9.73 Å². The molecule has 0 aliphatic heterocycles. The highest BCUT2D eigenvalue weighted by atomic mass is 16.5. The number of guanidine groups is 1. The Kier molecular flexibility index (Phi) is 7.39. The number of hydrogen-bond acceptors (Lipinski definition) is 2. The standard InChI is InChI=1S/C18H31N3O/c1-7-19-17(21-15(3)12-22-6)20-13-18(4,5)16-10-8-9-14(2)11-16/h8-11,15H,7,12-13H2,1-6H3,(H2,19,20,21). The monoisotopic (exact) mass is 305 g/mol. The Hall–Kier alpha value is -1.55. The Morgan fingerprint density at radius 3 is 2.68 bits per heavy atom. The molecule has 0 aliphatic rings. The van der Waals surface area contributed by atoms with Gasteiger partial charge in [-0.1, -0.05) is 43.7 Å². The minimum Gasteiger partial charge on any atom is -0.383 e. The predicted octanol–water partition coefficient (Wildman–Crippen LogP) is 2.86. The van der Waals surface area contributed by atoms with Gasteiger partial charge in [-0.2, -0.15) is 0 Å². The third-order valence-electron chi connectivity index (χ3n) is 3.58. The number of rotatable bonds is 7. The number of methoxy groups -OCH3 is 1. The van der Waals surface area contributed by atoms with Crippen LogP contribution >= 0.6 is 0 Å². The van der Waals surface area contributed by atoms with Gasteiger partial charge in [-0.05, 0) is 26.3 Å². The van der Waals surface area contributed by atoms with Crippen molar-refractivity contribution in [2.75, 3.05) is 26.8 Å². The smallest absolute Gasteiger partial charge is 0.191 e. The largest absolute Gasteiger partial charge is 0.383 e. The summed E-state index contributed by atoms with van der Waals surface area (Å²) in [4.78, 5) is 4.75. The van der Waals surface area contributed by atoms with Gasteiger partial charge in [-0.3, -0.25) is 4.99 Å². The second-order valence-electron chi connectivity index (χ2n) is 6.45. The molecule has 0 amide bonds. The van der Waals surface area contributed by atoms with Gasteiger partial charge in [0.05, 0.1) is 13.2 Å². The van der Waals surface area contributed by atoms with Gasteiger partial charge in [0.1, 0.15) is 0 Å². The molecule has 1 atom stereocenters. The number of aryl methyl sites for hydroxylation is 1. The summed E-state index contributed by atoms with van der Waals surface area (Å²) in [5, 5.41) is 6.66. The molecule has 0 aromatic heterocycles. The lowest BCUT2D eigenvalue weighted by atomic mass is 9.84. The van der Waals surface area contributed by atoms with Crippen molar-refractivity contribution in [3.63, 3.8) is 0 Å². The lowest BCUT2D eigenvalue weighted by Crippen LogP contribution is -2.44. The average Bonchev–Trinajstić information content (AvgIpc) is 2.45. The van der Waals surface area contributed by atoms with Crippen LogP contribution in [0.25, 0.3) is 0 Å². The van der Waals surface area contributed by atoms with Crippen LogP contribution in [0.15, 0.2) is 29.3 Å². The topological polar surface area (TPSA) is 45.7 Å². The van der Waals surface area contributed by atoms with Crippen molar-refractivity contribution in [1.82, 2.24) is 10.6 Å². The minimum atomic E-state index is -0.00113. The third kappa shape index (κ3) is 6.06. The molecular weight excluding hydrogens is 274 g/mol. The van der Waals surface area contributed by atoms with Crippen LogP contribution in [-0.2, 0) is 10.2 Å². The first-order chi connectivity index (χ1) is 10.4. The van der Waals surface area contributed by atoms with E-state index in [1.807, 2.05) is 0 Å². The lowest BCUT2D eigenvalue weighted by Gasteiger charge is -2.25. The van der Waals surface area contributed by atoms with Gasteiger partial charge in [0.2, 0.25) is 0 Å². The first-order valence-corrected chi connectivity index (χ1v) is 8.00. The molecule has 0 fully saturated rings. The highest BCUT2D eigenvalue weighted by Crippen LogP contribution is 2.24. The third-order valence-corrected chi connectivity index (χ3v) is 3.58. The van der Waals surface area contributed by atoms with Crippen molar-refractivity contribution in [1.29, 1.82) is 0 Å². The summed E-state index contributed by atoms with van der Waals surface area (Å²) in [6.07, 6.45) is 0. The highest BCUT2D eigenvalue weighted by molar-refractivity contribution is 5.80. The molecule has 4 heteroatoms. The summed E-state index contributed by atoms with van der Waals surface area (Å²) in [6.45, 7) is 13.0. The molecule has 0 saturated carbocycles. The molecule has 1 unspecified atom stereocenters. The van der Waals surface area contributed by atoms with E-state index in [9.17, 15) is 0 Å². The predicted molar refractivity (Wildman–Crippen MR) is 94.7 cm³/mol. The second-order valence-corrected chi connectivity index (χ2v) is 6.45. The van der Waals surface area contributed by atoms with Crippen LogP contribution in [0.5, 0.6) is 0 Å². The molecule has 0 radical (unpaired) electrons. The molecule has 1 aromatic carbocycles. The highest BCUT2D eigenvalue weighted by Gasteiger charge is 2.20. The van der Waals surface area contributed by atoms with E-state index >= 15 is 0 Å². The van der Waals surface area contributed by atoms with Crippen molar-refractivity contribution in [2.45, 2.75) is 46.1 Å². The van der Waals surface area contributed by atoms with Crippen LogP contribution in [0.4, 0.5) is 0 Å². The maximum atomic E-state index is 5.17. The van der Waals surface area contributed by atoms with E-state index in [1.54, 1.807) is 7.11 Å². The number of nitrogens with zero attached hydrogens (tertiary/aromatic N) is 1. The first-order valence-electron chi connectivity index (χ1n) is 8.00.